The molecule has 1 aromatic carbocycles. The third-order valence-electron chi connectivity index (χ3n) is 5.73. The topological polar surface area (TPSA) is 68.3 Å². The highest BCUT2D eigenvalue weighted by Crippen LogP contribution is 2.61. The zero-order valence-corrected chi connectivity index (χ0v) is 16.0. The molecule has 5 rings (SSSR count). The molecular weight excluding hydrogens is 405 g/mol. The number of carbonyl (C=O) groups excluding carboxylic acids is 1. The molecule has 0 atom stereocenters. The second kappa shape index (κ2) is 6.55. The smallest absolute Gasteiger partial charge is 0.444 e. The summed E-state index contributed by atoms with van der Waals surface area (Å²) in [7, 11) is 0. The average Bonchev–Trinajstić information content (AvgIpc) is 3.20. The van der Waals surface area contributed by atoms with Crippen LogP contribution in [0.3, 0.4) is 0 Å². The third kappa shape index (κ3) is 3.63. The van der Waals surface area contributed by atoms with Gasteiger partial charge >= 0.3 is 5.51 Å². The van der Waals surface area contributed by atoms with Crippen molar-refractivity contribution in [3.63, 3.8) is 0 Å². The first-order chi connectivity index (χ1) is 13.8. The fourth-order valence-electron chi connectivity index (χ4n) is 4.51. The molecule has 152 valence electrons. The lowest BCUT2D eigenvalue weighted by Gasteiger charge is -2.57. The van der Waals surface area contributed by atoms with Gasteiger partial charge in [0.25, 0.3) is 5.91 Å². The lowest BCUT2D eigenvalue weighted by Crippen LogP contribution is -2.55. The molecule has 2 aromatic heterocycles. The Labute approximate surface area is 168 Å². The minimum atomic E-state index is -4.44. The predicted octanol–water partition coefficient (Wildman–Crippen LogP) is 5.49. The fourth-order valence-corrected chi connectivity index (χ4v) is 5.01. The highest BCUT2D eigenvalue weighted by atomic mass is 32.2. The van der Waals surface area contributed by atoms with Crippen LogP contribution in [0.2, 0.25) is 0 Å². The molecule has 2 heterocycles. The van der Waals surface area contributed by atoms with E-state index in [0.29, 0.717) is 5.92 Å². The molecule has 0 radical (unpaired) electrons. The van der Waals surface area contributed by atoms with Gasteiger partial charge in [0.2, 0.25) is 0 Å². The zero-order chi connectivity index (χ0) is 20.2. The van der Waals surface area contributed by atoms with Gasteiger partial charge in [0, 0.05) is 23.7 Å². The van der Waals surface area contributed by atoms with Crippen LogP contribution in [0.15, 0.2) is 50.3 Å². The maximum absolute atomic E-state index is 12.4. The van der Waals surface area contributed by atoms with Gasteiger partial charge in [0.05, 0.1) is 0 Å². The van der Waals surface area contributed by atoms with Gasteiger partial charge in [0.1, 0.15) is 5.52 Å². The van der Waals surface area contributed by atoms with E-state index in [2.05, 4.69) is 10.3 Å². The van der Waals surface area contributed by atoms with Crippen molar-refractivity contribution in [2.45, 2.75) is 48.2 Å². The molecule has 1 N–H and O–H groups in total. The molecule has 0 saturated heterocycles. The summed E-state index contributed by atoms with van der Waals surface area (Å²) in [5.41, 5.74) is -2.59. The largest absolute Gasteiger partial charge is 0.449 e. The Morgan fingerprint density at radius 1 is 1.10 bits per heavy atom. The number of nitrogens with zero attached hydrogens (tertiary/aromatic N) is 1. The minimum Gasteiger partial charge on any atom is -0.444 e. The second-order valence-electron chi connectivity index (χ2n) is 7.87. The molecule has 9 heteroatoms. The van der Waals surface area contributed by atoms with E-state index in [1.807, 2.05) is 24.3 Å². The van der Waals surface area contributed by atoms with Gasteiger partial charge in [-0.1, -0.05) is 12.1 Å². The van der Waals surface area contributed by atoms with Gasteiger partial charge in [-0.15, -0.1) is 0 Å². The number of furan rings is 1. The third-order valence-corrected chi connectivity index (χ3v) is 6.39. The number of para-hydroxylation sites is 2. The summed E-state index contributed by atoms with van der Waals surface area (Å²) in [4.78, 5) is 16.8. The van der Waals surface area contributed by atoms with Crippen molar-refractivity contribution in [1.82, 2.24) is 10.3 Å². The number of rotatable bonds is 4. The number of nitrogens with one attached hydrogen (secondary N) is 1. The van der Waals surface area contributed by atoms with Gasteiger partial charge in [-0.3, -0.25) is 4.79 Å². The number of hydrogen-bond acceptors (Lipinski definition) is 5. The molecular formula is C20H17F3N2O3S. The highest BCUT2D eigenvalue weighted by molar-refractivity contribution is 8.00. The van der Waals surface area contributed by atoms with Crippen molar-refractivity contribution in [2.75, 3.05) is 0 Å². The quantitative estimate of drug-likeness (QED) is 0.563. The van der Waals surface area contributed by atoms with Crippen LogP contribution in [-0.4, -0.2) is 22.4 Å². The van der Waals surface area contributed by atoms with Crippen LogP contribution < -0.4 is 5.32 Å². The number of alkyl halides is 3. The summed E-state index contributed by atoms with van der Waals surface area (Å²) in [6.45, 7) is 0. The van der Waals surface area contributed by atoms with Gasteiger partial charge in [0.15, 0.2) is 22.3 Å². The summed E-state index contributed by atoms with van der Waals surface area (Å²) in [6, 6.07) is 10.1. The van der Waals surface area contributed by atoms with E-state index < -0.39 is 11.4 Å². The number of carbonyl (C=O) groups is 1. The maximum atomic E-state index is 12.4. The van der Waals surface area contributed by atoms with Gasteiger partial charge in [-0.05, 0) is 55.4 Å². The van der Waals surface area contributed by atoms with Crippen LogP contribution in [0.25, 0.3) is 11.1 Å². The molecule has 2 aliphatic carbocycles. The lowest BCUT2D eigenvalue weighted by atomic mass is 9.50. The fraction of sp³-hybridized carbons (Fsp3) is 0.400. The molecule has 29 heavy (non-hydrogen) atoms. The Morgan fingerprint density at radius 3 is 2.59 bits per heavy atom. The van der Waals surface area contributed by atoms with Crippen molar-refractivity contribution in [2.24, 2.45) is 5.41 Å². The second-order valence-corrected chi connectivity index (χ2v) is 8.94. The standard InChI is InChI=1S/C20H17F3N2O3S/c21-20(22,23)29-16-6-5-15(27-16)17(26)24-12-9-19(10-12)7-11(8-19)18-25-13-3-1-2-4-14(13)28-18/h1-6,11-12H,7-10H2,(H,24,26). The van der Waals surface area contributed by atoms with Crippen molar-refractivity contribution in [3.8, 4) is 0 Å². The van der Waals surface area contributed by atoms with E-state index in [9.17, 15) is 18.0 Å². The Morgan fingerprint density at radius 2 is 1.86 bits per heavy atom. The molecule has 0 unspecified atom stereocenters. The van der Waals surface area contributed by atoms with E-state index in [1.54, 1.807) is 0 Å². The number of oxazole rings is 1. The number of thioether (sulfide) groups is 1. The number of halogens is 3. The maximum Gasteiger partial charge on any atom is 0.449 e. The number of benzene rings is 1. The van der Waals surface area contributed by atoms with Crippen LogP contribution in [0.1, 0.15) is 48.0 Å². The van der Waals surface area contributed by atoms with Crippen LogP contribution >= 0.6 is 11.8 Å². The number of hydrogen-bond donors (Lipinski definition) is 1. The van der Waals surface area contributed by atoms with Crippen molar-refractivity contribution >= 4 is 28.8 Å². The van der Waals surface area contributed by atoms with Crippen LogP contribution in [-0.2, 0) is 0 Å². The van der Waals surface area contributed by atoms with E-state index in [4.69, 9.17) is 8.83 Å². The summed E-state index contributed by atoms with van der Waals surface area (Å²) in [5, 5.41) is 2.51. The summed E-state index contributed by atoms with van der Waals surface area (Å²) in [5.74, 6) is 0.491. The predicted molar refractivity (Wildman–Crippen MR) is 99.5 cm³/mol. The zero-order valence-electron chi connectivity index (χ0n) is 15.2. The lowest BCUT2D eigenvalue weighted by molar-refractivity contribution is -0.0336. The summed E-state index contributed by atoms with van der Waals surface area (Å²) >= 11 is -0.372. The molecule has 3 aromatic rings. The SMILES string of the molecule is O=C(NC1CC2(C1)CC(c1nc3ccccc3o1)C2)c1ccc(SC(F)(F)F)o1. The summed E-state index contributed by atoms with van der Waals surface area (Å²) < 4.78 is 47.9. The highest BCUT2D eigenvalue weighted by Gasteiger charge is 2.54. The molecule has 0 aliphatic heterocycles. The van der Waals surface area contributed by atoms with Crippen LogP contribution in [0, 0.1) is 5.41 Å². The molecule has 0 bridgehead atoms. The number of amides is 1. The van der Waals surface area contributed by atoms with E-state index in [-0.39, 0.29) is 34.1 Å². The molecule has 5 nitrogen and oxygen atoms in total. The van der Waals surface area contributed by atoms with Crippen LogP contribution in [0.4, 0.5) is 13.2 Å². The van der Waals surface area contributed by atoms with E-state index >= 15 is 0 Å². The molecule has 2 saturated carbocycles. The first-order valence-electron chi connectivity index (χ1n) is 9.31. The minimum absolute atomic E-state index is 0.0101. The Kier molecular flexibility index (Phi) is 4.20. The Bertz CT molecular complexity index is 1030. The van der Waals surface area contributed by atoms with Gasteiger partial charge in [-0.25, -0.2) is 4.98 Å². The first-order valence-corrected chi connectivity index (χ1v) is 10.1. The first kappa shape index (κ1) is 18.6. The monoisotopic (exact) mass is 422 g/mol. The molecule has 1 amide bonds. The van der Waals surface area contributed by atoms with Gasteiger partial charge < -0.3 is 14.2 Å². The van der Waals surface area contributed by atoms with E-state index in [1.165, 1.54) is 6.07 Å². The van der Waals surface area contributed by atoms with E-state index in [0.717, 1.165) is 48.7 Å². The van der Waals surface area contributed by atoms with Crippen molar-refractivity contribution < 1.29 is 26.8 Å². The Hall–Kier alpha value is -2.42. The molecule has 1 spiro atoms. The summed E-state index contributed by atoms with van der Waals surface area (Å²) in [6.07, 6.45) is 3.64. The average molecular weight is 422 g/mol. The van der Waals surface area contributed by atoms with Crippen LogP contribution in [0.5, 0.6) is 0 Å². The molecule has 2 fully saturated rings. The number of fused-ring (bicyclic) bond motifs is 1. The van der Waals surface area contributed by atoms with Crippen molar-refractivity contribution in [1.29, 1.82) is 0 Å². The normalized spacial score (nSPS) is 26.3. The Balaban J connectivity index is 1.13. The molecule has 2 aliphatic rings. The van der Waals surface area contributed by atoms with Crippen molar-refractivity contribution in [3.05, 3.63) is 48.0 Å². The number of aromatic nitrogens is 1. The van der Waals surface area contributed by atoms with Gasteiger partial charge in [-0.2, -0.15) is 13.2 Å².